The minimum absolute atomic E-state index is 0.0165. The second-order valence-corrected chi connectivity index (χ2v) is 7.38. The highest BCUT2D eigenvalue weighted by Gasteiger charge is 2.21. The number of hydrogen-bond acceptors (Lipinski definition) is 2. The number of benzene rings is 2. The molecule has 0 aliphatic heterocycles. The molecule has 0 bridgehead atoms. The Kier molecular flexibility index (Phi) is 5.14. The molecule has 148 valence electrons. The quantitative estimate of drug-likeness (QED) is 0.402. The second kappa shape index (κ2) is 7.74. The van der Waals surface area contributed by atoms with Crippen molar-refractivity contribution in [1.82, 2.24) is 14.8 Å². The molecule has 0 saturated heterocycles. The van der Waals surface area contributed by atoms with Gasteiger partial charge in [0.2, 0.25) is 0 Å². The van der Waals surface area contributed by atoms with Gasteiger partial charge in [0.25, 0.3) is 6.43 Å². The van der Waals surface area contributed by atoms with Crippen LogP contribution in [0.4, 0.5) is 8.78 Å². The fourth-order valence-corrected chi connectivity index (χ4v) is 3.59. The van der Waals surface area contributed by atoms with Crippen LogP contribution in [-0.4, -0.2) is 14.8 Å². The van der Waals surface area contributed by atoms with E-state index in [0.29, 0.717) is 29.0 Å². The topological polar surface area (TPSA) is 30.7 Å². The van der Waals surface area contributed by atoms with Crippen molar-refractivity contribution in [2.24, 2.45) is 0 Å². The van der Waals surface area contributed by atoms with Crippen molar-refractivity contribution in [1.29, 1.82) is 0 Å². The summed E-state index contributed by atoms with van der Waals surface area (Å²) in [6.45, 7) is 6.36. The van der Waals surface area contributed by atoms with Crippen molar-refractivity contribution >= 4 is 11.0 Å². The molecule has 0 aliphatic carbocycles. The van der Waals surface area contributed by atoms with E-state index in [1.165, 1.54) is 17.2 Å². The zero-order chi connectivity index (χ0) is 20.5. The molecular formula is C24H23F2N3. The van der Waals surface area contributed by atoms with Crippen molar-refractivity contribution in [3.8, 4) is 11.3 Å². The molecule has 4 aromatic rings. The number of pyridine rings is 1. The molecule has 0 amide bonds. The maximum Gasteiger partial charge on any atom is 0.264 e. The summed E-state index contributed by atoms with van der Waals surface area (Å²) in [6, 6.07) is 17.5. The van der Waals surface area contributed by atoms with Gasteiger partial charge in [0.1, 0.15) is 0 Å². The zero-order valence-corrected chi connectivity index (χ0v) is 16.8. The largest absolute Gasteiger partial charge is 0.264 e. The summed E-state index contributed by atoms with van der Waals surface area (Å²) >= 11 is 0. The van der Waals surface area contributed by atoms with E-state index in [0.717, 1.165) is 17.5 Å². The van der Waals surface area contributed by atoms with E-state index >= 15 is 0 Å². The number of nitrogens with zero attached hydrogens (tertiary/aromatic N) is 3. The number of aryl methyl sites for hydroxylation is 3. The van der Waals surface area contributed by atoms with Crippen LogP contribution in [0, 0.1) is 13.8 Å². The van der Waals surface area contributed by atoms with Gasteiger partial charge in [-0.15, -0.1) is 0 Å². The van der Waals surface area contributed by atoms with Crippen LogP contribution in [0.3, 0.4) is 0 Å². The lowest BCUT2D eigenvalue weighted by molar-refractivity contribution is 0.153. The van der Waals surface area contributed by atoms with Crippen LogP contribution in [0.5, 0.6) is 0 Å². The summed E-state index contributed by atoms with van der Waals surface area (Å²) in [5, 5.41) is 4.98. The summed E-state index contributed by atoms with van der Waals surface area (Å²) in [4.78, 5) is 4.75. The summed E-state index contributed by atoms with van der Waals surface area (Å²) in [5.41, 5.74) is 5.84. The molecule has 0 aliphatic rings. The molecule has 0 saturated carbocycles. The molecule has 29 heavy (non-hydrogen) atoms. The van der Waals surface area contributed by atoms with Crippen molar-refractivity contribution in [2.75, 3.05) is 0 Å². The van der Waals surface area contributed by atoms with E-state index in [4.69, 9.17) is 4.98 Å². The average Bonchev–Trinajstić information content (AvgIpc) is 3.04. The van der Waals surface area contributed by atoms with E-state index in [9.17, 15) is 8.78 Å². The van der Waals surface area contributed by atoms with Crippen LogP contribution in [0.2, 0.25) is 0 Å². The number of aromatic nitrogens is 3. The highest BCUT2D eigenvalue weighted by Crippen LogP contribution is 2.33. The standard InChI is InChI=1S/C24H23F2N3/c1-4-17-9-11-19(12-10-17)21-13-20(23(25)26)22-16(3)28-29(24(22)27-21)14-18-7-5-15(2)6-8-18/h5-13,23H,4,14H2,1-3H3. The van der Waals surface area contributed by atoms with Gasteiger partial charge in [0.05, 0.1) is 23.3 Å². The van der Waals surface area contributed by atoms with Crippen LogP contribution in [0.1, 0.15) is 41.3 Å². The Hall–Kier alpha value is -3.08. The summed E-state index contributed by atoms with van der Waals surface area (Å²) in [6.07, 6.45) is -1.66. The summed E-state index contributed by atoms with van der Waals surface area (Å²) in [5.74, 6) is 0. The van der Waals surface area contributed by atoms with Crippen LogP contribution >= 0.6 is 0 Å². The zero-order valence-electron chi connectivity index (χ0n) is 16.8. The first-order valence-corrected chi connectivity index (χ1v) is 9.77. The SMILES string of the molecule is CCc1ccc(-c2cc(C(F)F)c3c(C)nn(Cc4ccc(C)cc4)c3n2)cc1. The Morgan fingerprint density at radius 3 is 2.21 bits per heavy atom. The highest BCUT2D eigenvalue weighted by atomic mass is 19.3. The van der Waals surface area contributed by atoms with Gasteiger partial charge in [-0.3, -0.25) is 0 Å². The van der Waals surface area contributed by atoms with E-state index in [2.05, 4.69) is 12.0 Å². The number of hydrogen-bond donors (Lipinski definition) is 0. The van der Waals surface area contributed by atoms with Crippen molar-refractivity contribution < 1.29 is 8.78 Å². The Labute approximate surface area is 169 Å². The Bertz CT molecular complexity index is 1140. The summed E-state index contributed by atoms with van der Waals surface area (Å²) < 4.78 is 29.5. The number of alkyl halides is 2. The normalized spacial score (nSPS) is 11.5. The fraction of sp³-hybridized carbons (Fsp3) is 0.250. The second-order valence-electron chi connectivity index (χ2n) is 7.38. The molecule has 0 atom stereocenters. The first-order chi connectivity index (χ1) is 14.0. The van der Waals surface area contributed by atoms with Gasteiger partial charge >= 0.3 is 0 Å². The molecule has 0 radical (unpaired) electrons. The van der Waals surface area contributed by atoms with Gasteiger partial charge < -0.3 is 0 Å². The Morgan fingerprint density at radius 2 is 1.59 bits per heavy atom. The lowest BCUT2D eigenvalue weighted by atomic mass is 10.0. The van der Waals surface area contributed by atoms with Crippen LogP contribution in [0.15, 0.2) is 54.6 Å². The molecule has 2 heterocycles. The maximum absolute atomic E-state index is 13.9. The number of halogens is 2. The van der Waals surface area contributed by atoms with Gasteiger partial charge in [-0.1, -0.05) is 61.0 Å². The molecule has 5 heteroatoms. The molecule has 0 N–H and O–H groups in total. The highest BCUT2D eigenvalue weighted by molar-refractivity contribution is 5.85. The monoisotopic (exact) mass is 391 g/mol. The summed E-state index contributed by atoms with van der Waals surface area (Å²) in [7, 11) is 0. The van der Waals surface area contributed by atoms with Crippen molar-refractivity contribution in [3.05, 3.63) is 82.5 Å². The Morgan fingerprint density at radius 1 is 0.931 bits per heavy atom. The molecule has 2 aromatic carbocycles. The van der Waals surface area contributed by atoms with Gasteiger partial charge in [-0.2, -0.15) is 5.10 Å². The molecule has 2 aromatic heterocycles. The Balaban J connectivity index is 1.86. The van der Waals surface area contributed by atoms with Crippen LogP contribution < -0.4 is 0 Å². The van der Waals surface area contributed by atoms with E-state index in [-0.39, 0.29) is 5.56 Å². The van der Waals surface area contributed by atoms with Crippen molar-refractivity contribution in [2.45, 2.75) is 40.2 Å². The third kappa shape index (κ3) is 3.77. The molecule has 0 fully saturated rings. The van der Waals surface area contributed by atoms with E-state index < -0.39 is 6.43 Å². The number of fused-ring (bicyclic) bond motifs is 1. The van der Waals surface area contributed by atoms with Gasteiger partial charge in [-0.25, -0.2) is 18.4 Å². The maximum atomic E-state index is 13.9. The molecule has 0 unspecified atom stereocenters. The van der Waals surface area contributed by atoms with Gasteiger partial charge in [-0.05, 0) is 37.5 Å². The van der Waals surface area contributed by atoms with Gasteiger partial charge in [0.15, 0.2) is 5.65 Å². The lowest BCUT2D eigenvalue weighted by Gasteiger charge is -2.09. The van der Waals surface area contributed by atoms with Crippen molar-refractivity contribution in [3.63, 3.8) is 0 Å². The third-order valence-corrected chi connectivity index (χ3v) is 5.25. The first kappa shape index (κ1) is 19.2. The first-order valence-electron chi connectivity index (χ1n) is 9.77. The predicted octanol–water partition coefficient (Wildman–Crippen LogP) is 6.26. The molecule has 3 nitrogen and oxygen atoms in total. The average molecular weight is 391 g/mol. The van der Waals surface area contributed by atoms with Crippen LogP contribution in [-0.2, 0) is 13.0 Å². The smallest absolute Gasteiger partial charge is 0.243 e. The molecular weight excluding hydrogens is 368 g/mol. The third-order valence-electron chi connectivity index (χ3n) is 5.25. The van der Waals surface area contributed by atoms with E-state index in [1.807, 2.05) is 55.5 Å². The lowest BCUT2D eigenvalue weighted by Crippen LogP contribution is -2.04. The minimum Gasteiger partial charge on any atom is -0.243 e. The molecule has 0 spiro atoms. The van der Waals surface area contributed by atoms with Crippen LogP contribution in [0.25, 0.3) is 22.3 Å². The molecule has 4 rings (SSSR count). The fourth-order valence-electron chi connectivity index (χ4n) is 3.59. The predicted molar refractivity (Wildman–Crippen MR) is 112 cm³/mol. The minimum atomic E-state index is -2.59. The van der Waals surface area contributed by atoms with E-state index in [1.54, 1.807) is 11.6 Å². The van der Waals surface area contributed by atoms with Gasteiger partial charge in [0, 0.05) is 11.1 Å². The number of rotatable bonds is 5.